The molecule has 1 aliphatic heterocycles. The normalized spacial score (nSPS) is 20.5. The second-order valence-electron chi connectivity index (χ2n) is 5.65. The monoisotopic (exact) mass is 261 g/mol. The number of fused-ring (bicyclic) bond motifs is 1. The van der Waals surface area contributed by atoms with Crippen LogP contribution in [0.5, 0.6) is 0 Å². The highest BCUT2D eigenvalue weighted by Gasteiger charge is 2.25. The average Bonchev–Trinajstić information content (AvgIpc) is 2.39. The van der Waals surface area contributed by atoms with Gasteiger partial charge in [-0.2, -0.15) is 0 Å². The van der Waals surface area contributed by atoms with Crippen LogP contribution in [0, 0.1) is 6.92 Å². The average molecular weight is 261 g/mol. The van der Waals surface area contributed by atoms with E-state index in [1.807, 2.05) is 6.92 Å². The molecule has 19 heavy (non-hydrogen) atoms. The number of aryl methyl sites for hydroxylation is 2. The fourth-order valence-corrected chi connectivity index (χ4v) is 2.93. The van der Waals surface area contributed by atoms with E-state index in [1.165, 1.54) is 0 Å². The van der Waals surface area contributed by atoms with E-state index in [2.05, 4.69) is 21.9 Å². The molecule has 2 aliphatic rings. The van der Waals surface area contributed by atoms with E-state index in [0.717, 1.165) is 61.9 Å². The van der Waals surface area contributed by atoms with E-state index in [1.54, 1.807) is 4.90 Å². The minimum atomic E-state index is 0.216. The topological polar surface area (TPSA) is 50.5 Å². The third-order valence-electron chi connectivity index (χ3n) is 4.15. The highest BCUT2D eigenvalue weighted by atomic mass is 16.1. The predicted octanol–water partition coefficient (Wildman–Crippen LogP) is -0.361. The first-order chi connectivity index (χ1) is 9.15. The van der Waals surface area contributed by atoms with E-state index < -0.39 is 0 Å². The summed E-state index contributed by atoms with van der Waals surface area (Å²) in [6.45, 7) is 6.18. The predicted molar refractivity (Wildman–Crippen MR) is 72.9 cm³/mol. The highest BCUT2D eigenvalue weighted by molar-refractivity contribution is 5.99. The zero-order chi connectivity index (χ0) is 13.4. The van der Waals surface area contributed by atoms with Gasteiger partial charge >= 0.3 is 0 Å². The molecule has 1 N–H and O–H groups in total. The third-order valence-corrected chi connectivity index (χ3v) is 4.15. The highest BCUT2D eigenvalue weighted by Crippen LogP contribution is 2.24. The van der Waals surface area contributed by atoms with Crippen LogP contribution < -0.4 is 9.80 Å². The summed E-state index contributed by atoms with van der Waals surface area (Å²) in [6.07, 6.45) is 2.49. The molecule has 1 aromatic rings. The number of carbonyl (C=O) groups is 1. The lowest BCUT2D eigenvalue weighted by molar-refractivity contribution is -0.880. The number of rotatable bonds is 1. The van der Waals surface area contributed by atoms with E-state index in [4.69, 9.17) is 0 Å². The molecule has 0 atom stereocenters. The molecule has 0 aromatic carbocycles. The Kier molecular flexibility index (Phi) is 3.22. The van der Waals surface area contributed by atoms with Crippen LogP contribution >= 0.6 is 0 Å². The number of ketones is 1. The summed E-state index contributed by atoms with van der Waals surface area (Å²) >= 11 is 0. The van der Waals surface area contributed by atoms with Crippen LogP contribution in [0.25, 0.3) is 0 Å². The molecule has 0 radical (unpaired) electrons. The Morgan fingerprint density at radius 2 is 1.89 bits per heavy atom. The molecule has 3 rings (SSSR count). The summed E-state index contributed by atoms with van der Waals surface area (Å²) in [5, 5.41) is 0. The quantitative estimate of drug-likeness (QED) is 0.750. The maximum Gasteiger partial charge on any atom is 0.226 e. The van der Waals surface area contributed by atoms with Crippen molar-refractivity contribution in [3.63, 3.8) is 0 Å². The standard InChI is InChI=1S/C14H20N4O/c1-10-13-11(4-3-5-12(13)19)16-14(15-10)18-8-6-17(2)7-9-18/h3-9H2,1-2H3/p+1. The van der Waals surface area contributed by atoms with Gasteiger partial charge in [0.25, 0.3) is 0 Å². The minimum absolute atomic E-state index is 0.216. The lowest BCUT2D eigenvalue weighted by Gasteiger charge is -2.31. The van der Waals surface area contributed by atoms with Gasteiger partial charge in [-0.1, -0.05) is 0 Å². The van der Waals surface area contributed by atoms with Crippen molar-refractivity contribution in [3.8, 4) is 0 Å². The van der Waals surface area contributed by atoms with Crippen LogP contribution in [0.3, 0.4) is 0 Å². The van der Waals surface area contributed by atoms with Crippen molar-refractivity contribution >= 4 is 11.7 Å². The fraction of sp³-hybridized carbons (Fsp3) is 0.643. The zero-order valence-electron chi connectivity index (χ0n) is 11.7. The van der Waals surface area contributed by atoms with Gasteiger partial charge in [0.2, 0.25) is 5.95 Å². The number of piperazine rings is 1. The molecular formula is C14H21N4O+. The molecule has 0 unspecified atom stereocenters. The van der Waals surface area contributed by atoms with E-state index in [-0.39, 0.29) is 5.78 Å². The Hall–Kier alpha value is -1.49. The third kappa shape index (κ3) is 2.34. The first-order valence-electron chi connectivity index (χ1n) is 7.12. The molecule has 0 spiro atoms. The number of nitrogens with zero attached hydrogens (tertiary/aromatic N) is 3. The summed E-state index contributed by atoms with van der Waals surface area (Å²) in [4.78, 5) is 25.0. The summed E-state index contributed by atoms with van der Waals surface area (Å²) in [5.74, 6) is 1.03. The zero-order valence-corrected chi connectivity index (χ0v) is 11.7. The van der Waals surface area contributed by atoms with Crippen molar-refractivity contribution in [2.45, 2.75) is 26.2 Å². The van der Waals surface area contributed by atoms with Crippen LogP contribution in [0.4, 0.5) is 5.95 Å². The molecular weight excluding hydrogens is 240 g/mol. The summed E-state index contributed by atoms with van der Waals surface area (Å²) in [7, 11) is 2.22. The number of hydrogen-bond donors (Lipinski definition) is 1. The number of likely N-dealkylation sites (N-methyl/N-ethyl adjacent to an activating group) is 1. The first-order valence-corrected chi connectivity index (χ1v) is 7.12. The van der Waals surface area contributed by atoms with Gasteiger partial charge in [-0.25, -0.2) is 9.97 Å². The largest absolute Gasteiger partial charge is 0.334 e. The number of nitrogens with one attached hydrogen (secondary N) is 1. The molecule has 0 saturated carbocycles. The molecule has 1 saturated heterocycles. The molecule has 0 bridgehead atoms. The fourth-order valence-electron chi connectivity index (χ4n) is 2.93. The molecule has 102 valence electrons. The van der Waals surface area contributed by atoms with Crippen molar-refractivity contribution in [3.05, 3.63) is 17.0 Å². The lowest BCUT2D eigenvalue weighted by Crippen LogP contribution is -3.12. The van der Waals surface area contributed by atoms with Gasteiger partial charge in [-0.05, 0) is 19.8 Å². The Morgan fingerprint density at radius 1 is 1.16 bits per heavy atom. The van der Waals surface area contributed by atoms with E-state index >= 15 is 0 Å². The lowest BCUT2D eigenvalue weighted by atomic mass is 9.94. The second-order valence-corrected chi connectivity index (χ2v) is 5.65. The van der Waals surface area contributed by atoms with Gasteiger partial charge in [0.05, 0.1) is 50.2 Å². The minimum Gasteiger partial charge on any atom is -0.334 e. The first kappa shape index (κ1) is 12.5. The van der Waals surface area contributed by atoms with E-state index in [9.17, 15) is 4.79 Å². The number of carbonyl (C=O) groups excluding carboxylic acids is 1. The Labute approximate surface area is 113 Å². The Balaban J connectivity index is 1.91. The molecule has 5 nitrogen and oxygen atoms in total. The number of aromatic nitrogens is 2. The molecule has 1 aliphatic carbocycles. The van der Waals surface area contributed by atoms with Crippen molar-refractivity contribution in [1.29, 1.82) is 0 Å². The van der Waals surface area contributed by atoms with Gasteiger partial charge < -0.3 is 9.80 Å². The van der Waals surface area contributed by atoms with Crippen LogP contribution in [-0.4, -0.2) is 49.0 Å². The maximum atomic E-state index is 11.9. The van der Waals surface area contributed by atoms with Crippen LogP contribution in [0.15, 0.2) is 0 Å². The summed E-state index contributed by atoms with van der Waals surface area (Å²) in [6, 6.07) is 0. The number of Topliss-reactive ketones (excluding diaryl/α,β-unsaturated/α-hetero) is 1. The van der Waals surface area contributed by atoms with Crippen molar-refractivity contribution < 1.29 is 9.69 Å². The number of anilines is 1. The Bertz CT molecular complexity index is 506. The van der Waals surface area contributed by atoms with Crippen molar-refractivity contribution in [2.75, 3.05) is 38.1 Å². The van der Waals surface area contributed by atoms with Crippen LogP contribution in [0.2, 0.25) is 0 Å². The second kappa shape index (κ2) is 4.89. The molecule has 1 fully saturated rings. The van der Waals surface area contributed by atoms with Crippen molar-refractivity contribution in [1.82, 2.24) is 9.97 Å². The SMILES string of the molecule is Cc1nc(N2CC[NH+](C)CC2)nc2c1C(=O)CCC2. The molecule has 5 heteroatoms. The van der Waals surface area contributed by atoms with Gasteiger partial charge in [-0.15, -0.1) is 0 Å². The number of hydrogen-bond acceptors (Lipinski definition) is 4. The molecule has 2 heterocycles. The van der Waals surface area contributed by atoms with Crippen LogP contribution in [-0.2, 0) is 6.42 Å². The van der Waals surface area contributed by atoms with E-state index in [0.29, 0.717) is 6.42 Å². The smallest absolute Gasteiger partial charge is 0.226 e. The van der Waals surface area contributed by atoms with Gasteiger partial charge in [-0.3, -0.25) is 4.79 Å². The maximum absolute atomic E-state index is 11.9. The summed E-state index contributed by atoms with van der Waals surface area (Å²) in [5.41, 5.74) is 2.61. The molecule has 0 amide bonds. The van der Waals surface area contributed by atoms with Gasteiger partial charge in [0, 0.05) is 6.42 Å². The van der Waals surface area contributed by atoms with Gasteiger partial charge in [0.15, 0.2) is 5.78 Å². The van der Waals surface area contributed by atoms with Crippen LogP contribution in [0.1, 0.15) is 34.6 Å². The molecule has 1 aromatic heterocycles. The Morgan fingerprint density at radius 3 is 2.63 bits per heavy atom. The number of quaternary nitrogens is 1. The summed E-state index contributed by atoms with van der Waals surface area (Å²) < 4.78 is 0. The van der Waals surface area contributed by atoms with Gasteiger partial charge in [0.1, 0.15) is 0 Å². The van der Waals surface area contributed by atoms with Crippen molar-refractivity contribution in [2.24, 2.45) is 0 Å².